The number of ether oxygens (including phenoxy) is 2. The number of fused-ring (bicyclic) bond motifs is 1. The Bertz CT molecular complexity index is 955. The lowest BCUT2D eigenvalue weighted by molar-refractivity contribution is -0.150. The van der Waals surface area contributed by atoms with Gasteiger partial charge in [-0.2, -0.15) is 14.4 Å². The number of anilines is 1. The minimum Gasteiger partial charge on any atom is -0.462 e. The fourth-order valence-corrected chi connectivity index (χ4v) is 2.89. The van der Waals surface area contributed by atoms with Crippen molar-refractivity contribution in [3.8, 4) is 12.3 Å². The molecule has 1 amide bonds. The van der Waals surface area contributed by atoms with Gasteiger partial charge in [-0.25, -0.2) is 4.98 Å². The molecule has 1 unspecified atom stereocenters. The number of aromatic nitrogens is 4. The molecule has 0 aliphatic carbocycles. The zero-order valence-electron chi connectivity index (χ0n) is 18.1. The van der Waals surface area contributed by atoms with Gasteiger partial charge in [-0.05, 0) is 12.8 Å². The molecule has 0 aliphatic heterocycles. The molecule has 0 bridgehead atoms. The quantitative estimate of drug-likeness (QED) is 0.311. The fraction of sp³-hybridized carbons (Fsp3) is 0.571. The molecule has 0 saturated heterocycles. The molecule has 1 atom stereocenters. The second-order valence-corrected chi connectivity index (χ2v) is 7.11. The van der Waals surface area contributed by atoms with E-state index in [2.05, 4.69) is 26.2 Å². The van der Waals surface area contributed by atoms with E-state index in [9.17, 15) is 14.0 Å². The lowest BCUT2D eigenvalue weighted by Gasteiger charge is -2.26. The molecule has 2 aromatic heterocycles. The van der Waals surface area contributed by atoms with Gasteiger partial charge in [0.1, 0.15) is 6.61 Å². The lowest BCUT2D eigenvalue weighted by atomic mass is 10.0. The largest absolute Gasteiger partial charge is 0.462 e. The van der Waals surface area contributed by atoms with Gasteiger partial charge in [0.05, 0.1) is 6.33 Å². The van der Waals surface area contributed by atoms with Crippen LogP contribution in [-0.2, 0) is 25.6 Å². The van der Waals surface area contributed by atoms with E-state index < -0.39 is 11.7 Å². The van der Waals surface area contributed by atoms with Crippen molar-refractivity contribution >= 4 is 28.9 Å². The highest BCUT2D eigenvalue weighted by molar-refractivity contribution is 5.96. The van der Waals surface area contributed by atoms with Crippen molar-refractivity contribution in [2.45, 2.75) is 64.5 Å². The molecule has 0 aromatic carbocycles. The van der Waals surface area contributed by atoms with E-state index in [4.69, 9.17) is 15.9 Å². The van der Waals surface area contributed by atoms with Gasteiger partial charge in [-0.15, -0.1) is 6.42 Å². The highest BCUT2D eigenvalue weighted by Crippen LogP contribution is 2.22. The lowest BCUT2D eigenvalue weighted by Crippen LogP contribution is -2.37. The third-order valence-corrected chi connectivity index (χ3v) is 4.78. The molecule has 0 spiro atoms. The molecule has 10 heteroatoms. The Morgan fingerprint density at radius 3 is 2.71 bits per heavy atom. The van der Waals surface area contributed by atoms with Crippen LogP contribution in [0.5, 0.6) is 0 Å². The number of terminal acetylenes is 1. The van der Waals surface area contributed by atoms with Crippen molar-refractivity contribution in [1.29, 1.82) is 0 Å². The normalized spacial score (nSPS) is 12.9. The summed E-state index contributed by atoms with van der Waals surface area (Å²) >= 11 is 0. The Balaban J connectivity index is 2.16. The second-order valence-electron chi connectivity index (χ2n) is 7.11. The zero-order valence-corrected chi connectivity index (χ0v) is 18.1. The molecule has 0 aliphatic rings. The molecular weight excluding hydrogens is 405 g/mol. The van der Waals surface area contributed by atoms with Crippen LogP contribution in [0.15, 0.2) is 6.33 Å². The van der Waals surface area contributed by atoms with Crippen molar-refractivity contribution in [3.63, 3.8) is 0 Å². The fourth-order valence-electron chi connectivity index (χ4n) is 2.89. The molecule has 9 nitrogen and oxygen atoms in total. The minimum atomic E-state index is -1.15. The topological polar surface area (TPSA) is 108 Å². The van der Waals surface area contributed by atoms with Gasteiger partial charge in [0.15, 0.2) is 22.6 Å². The smallest absolute Gasteiger partial charge is 0.312 e. The second kappa shape index (κ2) is 11.4. The van der Waals surface area contributed by atoms with Crippen LogP contribution in [0.25, 0.3) is 11.2 Å². The first kappa shape index (κ1) is 24.2. The summed E-state index contributed by atoms with van der Waals surface area (Å²) in [7, 11) is 1.44. The number of esters is 1. The van der Waals surface area contributed by atoms with Crippen molar-refractivity contribution in [3.05, 3.63) is 12.4 Å². The number of carbonyl (C=O) groups is 2. The monoisotopic (exact) mass is 433 g/mol. The number of aryl methyl sites for hydroxylation is 1. The zero-order chi connectivity index (χ0) is 22.9. The standard InChI is InChI=1S/C21H28FN5O4/c1-5-8-10-16(29)31-13-21(7-3,30-4)11-12-27-14-23-17-18(24-15(28)9-6-2)25-20(22)26-19(17)27/h3,14H,5-6,8-13H2,1-2,4H3,(H,24,25,26,28). The van der Waals surface area contributed by atoms with Crippen molar-refractivity contribution < 1.29 is 23.5 Å². The summed E-state index contributed by atoms with van der Waals surface area (Å²) in [5.41, 5.74) is -0.677. The van der Waals surface area contributed by atoms with E-state index in [1.54, 1.807) is 4.57 Å². The summed E-state index contributed by atoms with van der Waals surface area (Å²) in [5, 5.41) is 2.56. The van der Waals surface area contributed by atoms with Crippen LogP contribution in [-0.4, -0.2) is 50.7 Å². The van der Waals surface area contributed by atoms with E-state index in [1.807, 2.05) is 13.8 Å². The number of imidazole rings is 1. The van der Waals surface area contributed by atoms with E-state index in [-0.39, 0.29) is 54.9 Å². The van der Waals surface area contributed by atoms with Crippen LogP contribution in [0, 0.1) is 18.4 Å². The number of hydrogen-bond donors (Lipinski definition) is 1. The first-order valence-corrected chi connectivity index (χ1v) is 10.2. The summed E-state index contributed by atoms with van der Waals surface area (Å²) in [6.07, 6.45) is 9.25. The molecule has 0 radical (unpaired) electrons. The van der Waals surface area contributed by atoms with Crippen molar-refractivity contribution in [2.75, 3.05) is 19.0 Å². The molecule has 168 valence electrons. The molecule has 0 saturated carbocycles. The molecule has 0 fully saturated rings. The van der Waals surface area contributed by atoms with Gasteiger partial charge < -0.3 is 19.4 Å². The van der Waals surface area contributed by atoms with Crippen LogP contribution < -0.4 is 5.32 Å². The van der Waals surface area contributed by atoms with Gasteiger partial charge >= 0.3 is 12.0 Å². The number of amides is 1. The maximum Gasteiger partial charge on any atom is 0.312 e. The summed E-state index contributed by atoms with van der Waals surface area (Å²) in [6.45, 7) is 4.01. The number of unbranched alkanes of at least 4 members (excludes halogenated alkanes) is 1. The average molecular weight is 433 g/mol. The van der Waals surface area contributed by atoms with Gasteiger partial charge in [-0.3, -0.25) is 9.59 Å². The summed E-state index contributed by atoms with van der Waals surface area (Å²) in [6, 6.07) is 0. The van der Waals surface area contributed by atoms with Crippen molar-refractivity contribution in [2.24, 2.45) is 0 Å². The molecular formula is C21H28FN5O4. The maximum atomic E-state index is 14.0. The Kier molecular flexibility index (Phi) is 8.88. The van der Waals surface area contributed by atoms with Crippen LogP contribution in [0.1, 0.15) is 52.4 Å². The van der Waals surface area contributed by atoms with Crippen LogP contribution >= 0.6 is 0 Å². The van der Waals surface area contributed by atoms with Crippen molar-refractivity contribution in [1.82, 2.24) is 19.5 Å². The third kappa shape index (κ3) is 6.46. The number of hydrogen-bond acceptors (Lipinski definition) is 7. The minimum absolute atomic E-state index is 0.0134. The molecule has 1 N–H and O–H groups in total. The average Bonchev–Trinajstić information content (AvgIpc) is 3.16. The first-order chi connectivity index (χ1) is 14.9. The number of halogens is 1. The summed E-state index contributed by atoms with van der Waals surface area (Å²) < 4.78 is 26.3. The van der Waals surface area contributed by atoms with E-state index in [0.29, 0.717) is 12.8 Å². The van der Waals surface area contributed by atoms with Gasteiger partial charge in [0, 0.05) is 32.9 Å². The molecule has 2 aromatic rings. The van der Waals surface area contributed by atoms with Crippen LogP contribution in [0.3, 0.4) is 0 Å². The van der Waals surface area contributed by atoms with Gasteiger partial charge in [-0.1, -0.05) is 26.2 Å². The van der Waals surface area contributed by atoms with E-state index in [1.165, 1.54) is 13.4 Å². The maximum absolute atomic E-state index is 14.0. The predicted molar refractivity (Wildman–Crippen MR) is 112 cm³/mol. The van der Waals surface area contributed by atoms with E-state index in [0.717, 1.165) is 12.8 Å². The third-order valence-electron chi connectivity index (χ3n) is 4.78. The van der Waals surface area contributed by atoms with Crippen LogP contribution in [0.4, 0.5) is 10.2 Å². The highest BCUT2D eigenvalue weighted by Gasteiger charge is 2.30. The Morgan fingerprint density at radius 2 is 2.06 bits per heavy atom. The number of nitrogens with zero attached hydrogens (tertiary/aromatic N) is 4. The van der Waals surface area contributed by atoms with Gasteiger partial charge in [0.25, 0.3) is 0 Å². The molecule has 2 rings (SSSR count). The number of nitrogens with one attached hydrogen (secondary N) is 1. The molecule has 2 heterocycles. The van der Waals surface area contributed by atoms with Gasteiger partial charge in [0.2, 0.25) is 5.91 Å². The Hall–Kier alpha value is -3.06. The Labute approximate surface area is 180 Å². The molecule has 31 heavy (non-hydrogen) atoms. The predicted octanol–water partition coefficient (Wildman–Crippen LogP) is 2.85. The number of methoxy groups -OCH3 is 1. The summed E-state index contributed by atoms with van der Waals surface area (Å²) in [4.78, 5) is 35.4. The highest BCUT2D eigenvalue weighted by atomic mass is 19.1. The summed E-state index contributed by atoms with van der Waals surface area (Å²) in [5.74, 6) is 1.94. The SMILES string of the molecule is C#CC(CCn1cnc2c(NC(=O)CCC)nc(F)nc21)(COC(=O)CCCC)OC. The number of rotatable bonds is 12. The Morgan fingerprint density at radius 1 is 1.29 bits per heavy atom. The number of carbonyl (C=O) groups excluding carboxylic acids is 2. The van der Waals surface area contributed by atoms with Crippen LogP contribution in [0.2, 0.25) is 0 Å². The van der Waals surface area contributed by atoms with E-state index >= 15 is 0 Å². The first-order valence-electron chi connectivity index (χ1n) is 10.2.